The molecule has 35 heavy (non-hydrogen) atoms. The SMILES string of the molecule is C=C(C)C(=O)OCC(C)(O)C(F)(F)C(F)(F)C(F)(F)C(F)(F)C(F)(F)C(F)(F)C(C)(F)C(F)(F)F. The molecule has 0 spiro atoms. The third kappa shape index (κ3) is 4.52. The molecule has 0 heterocycles. The van der Waals surface area contributed by atoms with Gasteiger partial charge in [0.2, 0.25) is 0 Å². The molecule has 3 nitrogen and oxygen atoms in total. The quantitative estimate of drug-likeness (QED) is 0.205. The van der Waals surface area contributed by atoms with Crippen LogP contribution < -0.4 is 0 Å². The topological polar surface area (TPSA) is 46.5 Å². The number of carbonyl (C=O) groups excluding carboxylic acids is 1. The van der Waals surface area contributed by atoms with Gasteiger partial charge in [0, 0.05) is 5.57 Å². The Morgan fingerprint density at radius 1 is 0.657 bits per heavy atom. The zero-order valence-corrected chi connectivity index (χ0v) is 17.2. The minimum Gasteiger partial charge on any atom is -0.459 e. The first-order chi connectivity index (χ1) is 14.8. The summed E-state index contributed by atoms with van der Waals surface area (Å²) in [5.74, 6) is -50.1. The zero-order chi connectivity index (χ0) is 29.1. The van der Waals surface area contributed by atoms with Crippen molar-refractivity contribution >= 4 is 5.97 Å². The van der Waals surface area contributed by atoms with Gasteiger partial charge in [0.15, 0.2) is 5.60 Å². The first-order valence-electron chi connectivity index (χ1n) is 8.40. The molecular weight excluding hydrogens is 544 g/mol. The maximum Gasteiger partial charge on any atom is 0.428 e. The Balaban J connectivity index is 6.74. The lowest BCUT2D eigenvalue weighted by Gasteiger charge is -2.45. The molecule has 2 atom stereocenters. The van der Waals surface area contributed by atoms with Crippen LogP contribution in [0.3, 0.4) is 0 Å². The van der Waals surface area contributed by atoms with Gasteiger partial charge in [-0.15, -0.1) is 0 Å². The maximum atomic E-state index is 14.1. The molecule has 0 saturated carbocycles. The predicted octanol–water partition coefficient (Wildman–Crippen LogP) is 5.96. The molecule has 19 heteroatoms. The normalized spacial score (nSPS) is 18.5. The summed E-state index contributed by atoms with van der Waals surface area (Å²) in [7, 11) is 0. The number of esters is 1. The van der Waals surface area contributed by atoms with Gasteiger partial charge in [-0.05, 0) is 20.8 Å². The third-order valence-electron chi connectivity index (χ3n) is 4.60. The van der Waals surface area contributed by atoms with E-state index in [-0.39, 0.29) is 0 Å². The first kappa shape index (κ1) is 33.0. The van der Waals surface area contributed by atoms with Crippen molar-refractivity contribution < 1.29 is 84.9 Å². The van der Waals surface area contributed by atoms with Crippen molar-refractivity contribution in [1.82, 2.24) is 0 Å². The van der Waals surface area contributed by atoms with Crippen LogP contribution >= 0.6 is 0 Å². The van der Waals surface area contributed by atoms with E-state index in [2.05, 4.69) is 11.3 Å². The Kier molecular flexibility index (Phi) is 8.09. The van der Waals surface area contributed by atoms with Gasteiger partial charge in [-0.1, -0.05) is 6.58 Å². The van der Waals surface area contributed by atoms with Crippen molar-refractivity contribution in [2.75, 3.05) is 6.61 Å². The molecule has 2 unspecified atom stereocenters. The Morgan fingerprint density at radius 2 is 0.943 bits per heavy atom. The van der Waals surface area contributed by atoms with Gasteiger partial charge in [0.25, 0.3) is 5.67 Å². The second-order valence-electron chi connectivity index (χ2n) is 7.58. The van der Waals surface area contributed by atoms with E-state index in [9.17, 15) is 80.1 Å². The van der Waals surface area contributed by atoms with Gasteiger partial charge in [0.1, 0.15) is 6.61 Å². The molecule has 0 aliphatic heterocycles. The van der Waals surface area contributed by atoms with Crippen LogP contribution in [-0.2, 0) is 9.53 Å². The number of hydrogen-bond donors (Lipinski definition) is 1. The van der Waals surface area contributed by atoms with Crippen molar-refractivity contribution in [3.63, 3.8) is 0 Å². The second-order valence-corrected chi connectivity index (χ2v) is 7.58. The monoisotopic (exact) mass is 558 g/mol. The van der Waals surface area contributed by atoms with Crippen LogP contribution in [0.2, 0.25) is 0 Å². The van der Waals surface area contributed by atoms with E-state index in [1.165, 1.54) is 0 Å². The highest BCUT2D eigenvalue weighted by Gasteiger charge is 2.94. The van der Waals surface area contributed by atoms with E-state index >= 15 is 0 Å². The molecule has 0 aromatic rings. The molecule has 0 aromatic carbocycles. The van der Waals surface area contributed by atoms with Crippen molar-refractivity contribution in [3.05, 3.63) is 12.2 Å². The Hall–Kier alpha value is -1.95. The molecule has 0 aliphatic rings. The third-order valence-corrected chi connectivity index (χ3v) is 4.60. The van der Waals surface area contributed by atoms with Gasteiger partial charge in [0.05, 0.1) is 0 Å². The number of aliphatic hydroxyl groups is 1. The lowest BCUT2D eigenvalue weighted by molar-refractivity contribution is -0.453. The van der Waals surface area contributed by atoms with E-state index in [4.69, 9.17) is 0 Å². The minimum absolute atomic E-state index is 0.560. The number of rotatable bonds is 10. The molecule has 0 fully saturated rings. The molecule has 0 saturated heterocycles. The van der Waals surface area contributed by atoms with Gasteiger partial charge < -0.3 is 9.84 Å². The van der Waals surface area contributed by atoms with Crippen molar-refractivity contribution in [2.24, 2.45) is 0 Å². The summed E-state index contributed by atoms with van der Waals surface area (Å²) in [6, 6.07) is 0. The van der Waals surface area contributed by atoms with Crippen LogP contribution in [0.15, 0.2) is 12.2 Å². The van der Waals surface area contributed by atoms with Crippen LogP contribution in [0, 0.1) is 0 Å². The van der Waals surface area contributed by atoms with Crippen molar-refractivity contribution in [2.45, 2.75) is 73.8 Å². The lowest BCUT2D eigenvalue weighted by Crippen LogP contribution is -2.76. The fourth-order valence-electron chi connectivity index (χ4n) is 2.02. The highest BCUT2D eigenvalue weighted by Crippen LogP contribution is 2.64. The van der Waals surface area contributed by atoms with E-state index in [1.54, 1.807) is 0 Å². The van der Waals surface area contributed by atoms with Crippen LogP contribution in [0.1, 0.15) is 20.8 Å². The van der Waals surface area contributed by atoms with Crippen LogP contribution in [0.4, 0.5) is 70.2 Å². The average molecular weight is 558 g/mol. The standard InChI is InChI=1S/C16H14F16O3/c1-6(2)7(33)35-5-8(3,34)10(18,19)12(22,23)14(26,27)15(28,29)13(24,25)11(20,21)9(4,17)16(30,31)32/h34H,1,5H2,2-4H3. The molecule has 0 radical (unpaired) electrons. The number of halogens is 16. The van der Waals surface area contributed by atoms with E-state index < -0.39 is 85.0 Å². The molecule has 208 valence electrons. The highest BCUT2D eigenvalue weighted by molar-refractivity contribution is 5.86. The molecule has 0 amide bonds. The van der Waals surface area contributed by atoms with E-state index in [0.717, 1.165) is 6.92 Å². The lowest BCUT2D eigenvalue weighted by atomic mass is 9.82. The molecule has 0 aliphatic carbocycles. The average Bonchev–Trinajstić information content (AvgIpc) is 2.63. The molecule has 0 rings (SSSR count). The van der Waals surface area contributed by atoms with Crippen LogP contribution in [0.25, 0.3) is 0 Å². The van der Waals surface area contributed by atoms with Gasteiger partial charge >= 0.3 is 47.7 Å². The summed E-state index contributed by atoms with van der Waals surface area (Å²) in [5, 5.41) is 9.38. The van der Waals surface area contributed by atoms with Crippen molar-refractivity contribution in [1.29, 1.82) is 0 Å². The Bertz CT molecular complexity index is 825. The predicted molar refractivity (Wildman–Crippen MR) is 81.6 cm³/mol. The van der Waals surface area contributed by atoms with E-state index in [0.29, 0.717) is 0 Å². The summed E-state index contributed by atoms with van der Waals surface area (Å²) < 4.78 is 219. The first-order valence-corrected chi connectivity index (χ1v) is 8.40. The summed E-state index contributed by atoms with van der Waals surface area (Å²) >= 11 is 0. The fourth-order valence-corrected chi connectivity index (χ4v) is 2.02. The van der Waals surface area contributed by atoms with Gasteiger partial charge in [-0.3, -0.25) is 0 Å². The largest absolute Gasteiger partial charge is 0.459 e. The minimum atomic E-state index is -8.53. The molecule has 1 N–H and O–H groups in total. The van der Waals surface area contributed by atoms with Crippen LogP contribution in [0.5, 0.6) is 0 Å². The van der Waals surface area contributed by atoms with Crippen LogP contribution in [-0.4, -0.2) is 70.7 Å². The zero-order valence-electron chi connectivity index (χ0n) is 17.2. The summed E-state index contributed by atoms with van der Waals surface area (Å²) in [6.07, 6.45) is -7.19. The second kappa shape index (κ2) is 8.57. The van der Waals surface area contributed by atoms with E-state index in [1.807, 2.05) is 0 Å². The number of alkyl halides is 16. The smallest absolute Gasteiger partial charge is 0.428 e. The Labute approximate surface area is 184 Å². The fraction of sp³-hybridized carbons (Fsp3) is 0.812. The van der Waals surface area contributed by atoms with Gasteiger partial charge in [-0.25, -0.2) is 9.18 Å². The summed E-state index contributed by atoms with van der Waals surface area (Å²) in [5.41, 5.74) is -12.3. The molecule has 0 aromatic heterocycles. The molecule has 0 bridgehead atoms. The maximum absolute atomic E-state index is 14.1. The summed E-state index contributed by atoms with van der Waals surface area (Å²) in [4.78, 5) is 11.1. The molecular formula is C16H14F16O3. The van der Waals surface area contributed by atoms with Gasteiger partial charge in [-0.2, -0.15) is 65.9 Å². The number of hydrogen-bond acceptors (Lipinski definition) is 3. The van der Waals surface area contributed by atoms with Crippen molar-refractivity contribution in [3.8, 4) is 0 Å². The number of carbonyl (C=O) groups is 1. The highest BCUT2D eigenvalue weighted by atomic mass is 19.4. The Morgan fingerprint density at radius 3 is 1.23 bits per heavy atom. The number of ether oxygens (including phenoxy) is 1. The summed E-state index contributed by atoms with van der Waals surface area (Å²) in [6.45, 7) is -0.854.